The van der Waals surface area contributed by atoms with Crippen LogP contribution >= 0.6 is 11.3 Å². The number of thiazole rings is 1. The van der Waals surface area contributed by atoms with Crippen molar-refractivity contribution < 1.29 is 4.92 Å². The number of hydrogen-bond donors (Lipinski definition) is 0. The molecular weight excluding hydrogens is 298 g/mol. The van der Waals surface area contributed by atoms with E-state index in [-0.39, 0.29) is 5.69 Å². The average molecular weight is 307 g/mol. The maximum Gasteiger partial charge on any atom is 0.269 e. The summed E-state index contributed by atoms with van der Waals surface area (Å²) in [5.74, 6) is 0. The Morgan fingerprint density at radius 2 is 1.68 bits per heavy atom. The van der Waals surface area contributed by atoms with Gasteiger partial charge < -0.3 is 0 Å². The van der Waals surface area contributed by atoms with Gasteiger partial charge in [0.2, 0.25) is 0 Å². The highest BCUT2D eigenvalue weighted by Crippen LogP contribution is 2.29. The number of hydrogen-bond acceptors (Lipinski definition) is 5. The lowest BCUT2D eigenvalue weighted by molar-refractivity contribution is -0.384. The summed E-state index contributed by atoms with van der Waals surface area (Å²) in [7, 11) is 0. The van der Waals surface area contributed by atoms with Crippen molar-refractivity contribution in [3.05, 3.63) is 69.6 Å². The van der Waals surface area contributed by atoms with E-state index in [0.717, 1.165) is 21.8 Å². The molecule has 2 aromatic carbocycles. The van der Waals surface area contributed by atoms with E-state index in [9.17, 15) is 10.1 Å². The average Bonchev–Trinajstić information content (AvgIpc) is 3.05. The summed E-state index contributed by atoms with van der Waals surface area (Å²) in [6, 6.07) is 15.6. The van der Waals surface area contributed by atoms with E-state index >= 15 is 0 Å². The second-order valence-corrected chi connectivity index (χ2v) is 5.39. The lowest BCUT2D eigenvalue weighted by Gasteiger charge is -1.97. The lowest BCUT2D eigenvalue weighted by Crippen LogP contribution is -1.87. The molecule has 0 aliphatic rings. The summed E-state index contributed by atoms with van der Waals surface area (Å²) in [6.07, 6.45) is 0. The van der Waals surface area contributed by atoms with Gasteiger partial charge in [-0.25, -0.2) is 4.98 Å². The van der Waals surface area contributed by atoms with Crippen molar-refractivity contribution in [1.82, 2.24) is 4.98 Å². The van der Waals surface area contributed by atoms with Crippen molar-refractivity contribution in [3.63, 3.8) is 0 Å². The Morgan fingerprint density at radius 1 is 1.05 bits per heavy atom. The molecule has 6 heteroatoms. The van der Waals surface area contributed by atoms with Crippen LogP contribution in [0.4, 0.5) is 5.69 Å². The fourth-order valence-electron chi connectivity index (χ4n) is 1.98. The van der Waals surface area contributed by atoms with E-state index in [4.69, 9.17) is 5.26 Å². The summed E-state index contributed by atoms with van der Waals surface area (Å²) in [4.78, 5) is 14.8. The molecule has 0 bridgehead atoms. The predicted octanol–water partition coefficient (Wildman–Crippen LogP) is 4.26. The Hall–Kier alpha value is -3.04. The van der Waals surface area contributed by atoms with Gasteiger partial charge in [-0.1, -0.05) is 12.1 Å². The first kappa shape index (κ1) is 13.9. The molecule has 1 aromatic heterocycles. The van der Waals surface area contributed by atoms with Gasteiger partial charge in [0.1, 0.15) is 5.01 Å². The van der Waals surface area contributed by atoms with Crippen molar-refractivity contribution in [1.29, 1.82) is 5.26 Å². The maximum atomic E-state index is 10.7. The third-order valence-electron chi connectivity index (χ3n) is 3.14. The van der Waals surface area contributed by atoms with Crippen LogP contribution in [0.2, 0.25) is 0 Å². The molecule has 5 nitrogen and oxygen atoms in total. The molecule has 0 saturated carbocycles. The monoisotopic (exact) mass is 307 g/mol. The Bertz CT molecular complexity index is 862. The van der Waals surface area contributed by atoms with E-state index < -0.39 is 4.92 Å². The van der Waals surface area contributed by atoms with Crippen LogP contribution in [0.3, 0.4) is 0 Å². The quantitative estimate of drug-likeness (QED) is 0.535. The fraction of sp³-hybridized carbons (Fsp3) is 0. The van der Waals surface area contributed by atoms with Crippen LogP contribution in [0.25, 0.3) is 21.8 Å². The molecule has 22 heavy (non-hydrogen) atoms. The highest BCUT2D eigenvalue weighted by atomic mass is 32.1. The molecule has 0 radical (unpaired) electrons. The van der Waals surface area contributed by atoms with Crippen LogP contribution in [0.1, 0.15) is 5.56 Å². The van der Waals surface area contributed by atoms with Gasteiger partial charge in [0.25, 0.3) is 5.69 Å². The maximum absolute atomic E-state index is 10.7. The van der Waals surface area contributed by atoms with Crippen LogP contribution in [0.15, 0.2) is 53.9 Å². The number of nitrogens with zero attached hydrogens (tertiary/aromatic N) is 3. The highest BCUT2D eigenvalue weighted by molar-refractivity contribution is 7.13. The number of non-ortho nitro benzene ring substituents is 1. The number of nitro benzene ring substituents is 1. The Labute approximate surface area is 130 Å². The second kappa shape index (κ2) is 5.76. The van der Waals surface area contributed by atoms with Gasteiger partial charge in [0.15, 0.2) is 0 Å². The molecule has 3 rings (SSSR count). The van der Waals surface area contributed by atoms with Crippen LogP contribution in [-0.4, -0.2) is 9.91 Å². The first-order valence-electron chi connectivity index (χ1n) is 6.38. The van der Waals surface area contributed by atoms with Crippen molar-refractivity contribution in [2.45, 2.75) is 0 Å². The molecule has 0 saturated heterocycles. The lowest BCUT2D eigenvalue weighted by atomic mass is 10.1. The van der Waals surface area contributed by atoms with Gasteiger partial charge in [-0.15, -0.1) is 11.3 Å². The number of rotatable bonds is 3. The van der Waals surface area contributed by atoms with Gasteiger partial charge in [-0.05, 0) is 24.3 Å². The van der Waals surface area contributed by atoms with Crippen LogP contribution in [-0.2, 0) is 0 Å². The molecule has 0 aliphatic carbocycles. The predicted molar refractivity (Wildman–Crippen MR) is 84.4 cm³/mol. The van der Waals surface area contributed by atoms with Crippen molar-refractivity contribution >= 4 is 17.0 Å². The molecular formula is C16H9N3O2S. The molecule has 0 unspecified atom stereocenters. The van der Waals surface area contributed by atoms with Crippen molar-refractivity contribution in [2.24, 2.45) is 0 Å². The van der Waals surface area contributed by atoms with Gasteiger partial charge in [0.05, 0.1) is 22.2 Å². The van der Waals surface area contributed by atoms with Gasteiger partial charge in [-0.2, -0.15) is 5.26 Å². The van der Waals surface area contributed by atoms with E-state index in [2.05, 4.69) is 11.1 Å². The molecule has 1 heterocycles. The van der Waals surface area contributed by atoms with Crippen LogP contribution < -0.4 is 0 Å². The zero-order valence-electron chi connectivity index (χ0n) is 11.3. The fourth-order valence-corrected chi connectivity index (χ4v) is 2.82. The summed E-state index contributed by atoms with van der Waals surface area (Å²) < 4.78 is 0. The largest absolute Gasteiger partial charge is 0.269 e. The SMILES string of the molecule is N#Cc1ccc(-c2csc(-c3ccc([N+](=O)[O-])cc3)n2)cc1. The Balaban J connectivity index is 1.89. The zero-order valence-corrected chi connectivity index (χ0v) is 12.1. The van der Waals surface area contributed by atoms with Crippen LogP contribution in [0.5, 0.6) is 0 Å². The molecule has 0 amide bonds. The van der Waals surface area contributed by atoms with Crippen molar-refractivity contribution in [3.8, 4) is 27.9 Å². The number of aromatic nitrogens is 1. The summed E-state index contributed by atoms with van der Waals surface area (Å²) in [6.45, 7) is 0. The number of nitro groups is 1. The zero-order chi connectivity index (χ0) is 15.5. The second-order valence-electron chi connectivity index (χ2n) is 4.53. The molecule has 3 aromatic rings. The molecule has 0 N–H and O–H groups in total. The Kier molecular flexibility index (Phi) is 3.64. The van der Waals surface area contributed by atoms with Gasteiger partial charge in [0, 0.05) is 28.6 Å². The van der Waals surface area contributed by atoms with Crippen LogP contribution in [0, 0.1) is 21.4 Å². The van der Waals surface area contributed by atoms with Gasteiger partial charge >= 0.3 is 0 Å². The first-order valence-corrected chi connectivity index (χ1v) is 7.26. The van der Waals surface area contributed by atoms with E-state index in [0.29, 0.717) is 5.56 Å². The third-order valence-corrected chi connectivity index (χ3v) is 4.03. The summed E-state index contributed by atoms with van der Waals surface area (Å²) in [5, 5.41) is 22.2. The van der Waals surface area contributed by atoms with Crippen molar-refractivity contribution in [2.75, 3.05) is 0 Å². The number of nitriles is 1. The number of benzene rings is 2. The minimum absolute atomic E-state index is 0.0626. The highest BCUT2D eigenvalue weighted by Gasteiger charge is 2.09. The third kappa shape index (κ3) is 2.71. The van der Waals surface area contributed by atoms with Gasteiger partial charge in [-0.3, -0.25) is 10.1 Å². The van der Waals surface area contributed by atoms with E-state index in [1.54, 1.807) is 24.3 Å². The summed E-state index contributed by atoms with van der Waals surface area (Å²) in [5.41, 5.74) is 3.27. The molecule has 106 valence electrons. The molecule has 0 fully saturated rings. The van der Waals surface area contributed by atoms with E-state index in [1.807, 2.05) is 17.5 Å². The smallest absolute Gasteiger partial charge is 0.258 e. The summed E-state index contributed by atoms with van der Waals surface area (Å²) >= 11 is 1.48. The minimum atomic E-state index is -0.423. The molecule has 0 spiro atoms. The molecule has 0 aliphatic heterocycles. The normalized spacial score (nSPS) is 10.1. The topological polar surface area (TPSA) is 79.8 Å². The Morgan fingerprint density at radius 3 is 2.27 bits per heavy atom. The minimum Gasteiger partial charge on any atom is -0.258 e. The molecule has 0 atom stereocenters. The van der Waals surface area contributed by atoms with E-state index in [1.165, 1.54) is 23.5 Å². The standard InChI is InChI=1S/C16H9N3O2S/c17-9-11-1-3-12(4-2-11)15-10-22-16(18-15)13-5-7-14(8-6-13)19(20)21/h1-8,10H. The first-order chi connectivity index (χ1) is 10.7.